The minimum absolute atomic E-state index is 0.337. The molecule has 4 nitrogen and oxygen atoms in total. The van der Waals surface area contributed by atoms with E-state index in [1.54, 1.807) is 12.1 Å². The smallest absolute Gasteiger partial charge is 0.337 e. The molecule has 0 saturated heterocycles. The average Bonchev–Trinajstić information content (AvgIpc) is 2.59. The maximum atomic E-state index is 11.2. The third-order valence-corrected chi connectivity index (χ3v) is 2.76. The number of nitrogens with one attached hydrogen (secondary N) is 1. The number of nitrogens with zero attached hydrogens (tertiary/aromatic N) is 1. The number of rotatable bonds is 1. The third kappa shape index (κ3) is 1.47. The van der Waals surface area contributed by atoms with Crippen LogP contribution in [0, 0.1) is 3.70 Å². The van der Waals surface area contributed by atoms with Crippen LogP contribution in [0.15, 0.2) is 18.2 Å². The summed E-state index contributed by atoms with van der Waals surface area (Å²) in [5.74, 6) is -0.337. The standard InChI is InChI=1S/C9H7IN2O2/c1-14-9(13)5-2-3-6-7(4-5)11-12-8(6)10/h2-4H,1H3,(H,11,12). The highest BCUT2D eigenvalue weighted by Gasteiger charge is 2.08. The number of carbonyl (C=O) groups excluding carboxylic acids is 1. The van der Waals surface area contributed by atoms with E-state index >= 15 is 0 Å². The van der Waals surface area contributed by atoms with E-state index < -0.39 is 0 Å². The molecule has 0 spiro atoms. The first kappa shape index (κ1) is 9.45. The molecule has 1 N–H and O–H groups in total. The predicted molar refractivity (Wildman–Crippen MR) is 60.2 cm³/mol. The van der Waals surface area contributed by atoms with Gasteiger partial charge in [-0.15, -0.1) is 0 Å². The van der Waals surface area contributed by atoms with Crippen molar-refractivity contribution in [3.05, 3.63) is 27.5 Å². The first-order chi connectivity index (χ1) is 6.72. The minimum atomic E-state index is -0.337. The number of H-pyrrole nitrogens is 1. The van der Waals surface area contributed by atoms with Crippen molar-refractivity contribution in [1.29, 1.82) is 0 Å². The number of aromatic nitrogens is 2. The highest BCUT2D eigenvalue weighted by Crippen LogP contribution is 2.18. The lowest BCUT2D eigenvalue weighted by Gasteiger charge is -1.97. The zero-order valence-corrected chi connectivity index (χ0v) is 9.53. The Balaban J connectivity index is 2.57. The molecule has 14 heavy (non-hydrogen) atoms. The van der Waals surface area contributed by atoms with E-state index in [9.17, 15) is 4.79 Å². The molecule has 0 radical (unpaired) electrons. The van der Waals surface area contributed by atoms with Crippen LogP contribution in [0.25, 0.3) is 10.9 Å². The third-order valence-electron chi connectivity index (χ3n) is 1.94. The summed E-state index contributed by atoms with van der Waals surface area (Å²) >= 11 is 2.13. The Labute approximate surface area is 93.8 Å². The molecule has 0 amide bonds. The van der Waals surface area contributed by atoms with E-state index in [2.05, 4.69) is 37.5 Å². The highest BCUT2D eigenvalue weighted by atomic mass is 127. The van der Waals surface area contributed by atoms with Crippen molar-refractivity contribution in [2.24, 2.45) is 0 Å². The number of hydrogen-bond donors (Lipinski definition) is 1. The van der Waals surface area contributed by atoms with Crippen LogP contribution in [0.2, 0.25) is 0 Å². The second-order valence-electron chi connectivity index (χ2n) is 2.77. The van der Waals surface area contributed by atoms with E-state index in [0.29, 0.717) is 5.56 Å². The Kier molecular flexibility index (Phi) is 2.40. The molecule has 1 aromatic carbocycles. The van der Waals surface area contributed by atoms with Gasteiger partial charge in [-0.3, -0.25) is 5.10 Å². The summed E-state index contributed by atoms with van der Waals surface area (Å²) in [6.45, 7) is 0. The monoisotopic (exact) mass is 302 g/mol. The Morgan fingerprint density at radius 3 is 3.07 bits per heavy atom. The Bertz CT molecular complexity index is 493. The summed E-state index contributed by atoms with van der Waals surface area (Å²) in [4.78, 5) is 11.2. The lowest BCUT2D eigenvalue weighted by molar-refractivity contribution is 0.0601. The fraction of sp³-hybridized carbons (Fsp3) is 0.111. The Morgan fingerprint density at radius 2 is 2.36 bits per heavy atom. The van der Waals surface area contributed by atoms with Crippen LogP contribution < -0.4 is 0 Å². The van der Waals surface area contributed by atoms with Gasteiger partial charge in [-0.2, -0.15) is 5.10 Å². The van der Waals surface area contributed by atoms with Crippen LogP contribution in [0.3, 0.4) is 0 Å². The van der Waals surface area contributed by atoms with Gasteiger partial charge in [0.25, 0.3) is 0 Å². The number of methoxy groups -OCH3 is 1. The molecule has 0 unspecified atom stereocenters. The van der Waals surface area contributed by atoms with Crippen LogP contribution in [-0.4, -0.2) is 23.3 Å². The molecule has 0 aliphatic carbocycles. The van der Waals surface area contributed by atoms with Crippen molar-refractivity contribution in [3.63, 3.8) is 0 Å². The number of benzene rings is 1. The van der Waals surface area contributed by atoms with Gasteiger partial charge in [-0.1, -0.05) is 0 Å². The molecule has 0 bridgehead atoms. The van der Waals surface area contributed by atoms with Crippen molar-refractivity contribution in [3.8, 4) is 0 Å². The van der Waals surface area contributed by atoms with Crippen LogP contribution in [0.5, 0.6) is 0 Å². The van der Waals surface area contributed by atoms with Gasteiger partial charge in [-0.25, -0.2) is 4.79 Å². The highest BCUT2D eigenvalue weighted by molar-refractivity contribution is 14.1. The number of halogens is 1. The SMILES string of the molecule is COC(=O)c1ccc2c(I)n[nH]c2c1. The van der Waals surface area contributed by atoms with E-state index in [1.807, 2.05) is 6.07 Å². The van der Waals surface area contributed by atoms with Gasteiger partial charge in [-0.05, 0) is 40.8 Å². The minimum Gasteiger partial charge on any atom is -0.465 e. The molecule has 2 rings (SSSR count). The van der Waals surface area contributed by atoms with Gasteiger partial charge in [0, 0.05) is 5.39 Å². The van der Waals surface area contributed by atoms with Crippen molar-refractivity contribution < 1.29 is 9.53 Å². The van der Waals surface area contributed by atoms with E-state index in [-0.39, 0.29) is 5.97 Å². The van der Waals surface area contributed by atoms with Gasteiger partial charge < -0.3 is 4.74 Å². The summed E-state index contributed by atoms with van der Waals surface area (Å²) in [5, 5.41) is 7.89. The molecular formula is C9H7IN2O2. The fourth-order valence-corrected chi connectivity index (χ4v) is 1.82. The van der Waals surface area contributed by atoms with Crippen molar-refractivity contribution >= 4 is 39.5 Å². The van der Waals surface area contributed by atoms with Gasteiger partial charge in [0.1, 0.15) is 3.70 Å². The predicted octanol–water partition coefficient (Wildman–Crippen LogP) is 1.95. The molecule has 0 fully saturated rings. The normalized spacial score (nSPS) is 10.4. The van der Waals surface area contributed by atoms with Crippen molar-refractivity contribution in [2.45, 2.75) is 0 Å². The molecule has 0 saturated carbocycles. The molecule has 0 aliphatic rings. The summed E-state index contributed by atoms with van der Waals surface area (Å²) in [7, 11) is 1.36. The number of ether oxygens (including phenoxy) is 1. The molecule has 0 aliphatic heterocycles. The van der Waals surface area contributed by atoms with Crippen LogP contribution in [0.4, 0.5) is 0 Å². The average molecular weight is 302 g/mol. The molecule has 1 heterocycles. The molecular weight excluding hydrogens is 295 g/mol. The largest absolute Gasteiger partial charge is 0.465 e. The first-order valence-corrected chi connectivity index (χ1v) is 5.02. The van der Waals surface area contributed by atoms with Gasteiger partial charge in [0.05, 0.1) is 18.2 Å². The molecule has 5 heteroatoms. The lowest BCUT2D eigenvalue weighted by atomic mass is 10.2. The molecule has 2 aromatic rings. The Morgan fingerprint density at radius 1 is 1.57 bits per heavy atom. The zero-order chi connectivity index (χ0) is 10.1. The number of aromatic amines is 1. The second kappa shape index (κ2) is 3.56. The van der Waals surface area contributed by atoms with Crippen molar-refractivity contribution in [2.75, 3.05) is 7.11 Å². The number of fused-ring (bicyclic) bond motifs is 1. The van der Waals surface area contributed by atoms with Gasteiger partial charge in [0.15, 0.2) is 0 Å². The quantitative estimate of drug-likeness (QED) is 0.647. The zero-order valence-electron chi connectivity index (χ0n) is 7.37. The van der Waals surface area contributed by atoms with Crippen molar-refractivity contribution in [1.82, 2.24) is 10.2 Å². The maximum absolute atomic E-state index is 11.2. The van der Waals surface area contributed by atoms with Crippen LogP contribution in [-0.2, 0) is 4.74 Å². The molecule has 72 valence electrons. The Hall–Kier alpha value is -1.11. The van der Waals surface area contributed by atoms with E-state index in [0.717, 1.165) is 14.6 Å². The number of esters is 1. The summed E-state index contributed by atoms with van der Waals surface area (Å²) < 4.78 is 5.51. The van der Waals surface area contributed by atoms with Gasteiger partial charge >= 0.3 is 5.97 Å². The van der Waals surface area contributed by atoms with E-state index in [1.165, 1.54) is 7.11 Å². The van der Waals surface area contributed by atoms with Gasteiger partial charge in [0.2, 0.25) is 0 Å². The number of hydrogen-bond acceptors (Lipinski definition) is 3. The topological polar surface area (TPSA) is 55.0 Å². The fourth-order valence-electron chi connectivity index (χ4n) is 1.23. The first-order valence-electron chi connectivity index (χ1n) is 3.94. The van der Waals surface area contributed by atoms with E-state index in [4.69, 9.17) is 0 Å². The van der Waals surface area contributed by atoms with Crippen LogP contribution >= 0.6 is 22.6 Å². The summed E-state index contributed by atoms with van der Waals surface area (Å²) in [5.41, 5.74) is 1.37. The summed E-state index contributed by atoms with van der Waals surface area (Å²) in [6, 6.07) is 5.31. The summed E-state index contributed by atoms with van der Waals surface area (Å²) in [6.07, 6.45) is 0. The molecule has 0 atom stereocenters. The lowest BCUT2D eigenvalue weighted by Crippen LogP contribution is -2.00. The maximum Gasteiger partial charge on any atom is 0.337 e. The van der Waals surface area contributed by atoms with Crippen LogP contribution in [0.1, 0.15) is 10.4 Å². The number of carbonyl (C=O) groups is 1. The second-order valence-corrected chi connectivity index (χ2v) is 3.79. The molecule has 1 aromatic heterocycles.